The molecular formula is C13H24NO+. The molecule has 2 heteroatoms. The van der Waals surface area contributed by atoms with Crippen LogP contribution in [0.4, 0.5) is 0 Å². The summed E-state index contributed by atoms with van der Waals surface area (Å²) in [6.45, 7) is 9.04. The molecule has 1 saturated carbocycles. The van der Waals surface area contributed by atoms with E-state index in [2.05, 4.69) is 32.3 Å². The molecule has 0 bridgehead atoms. The summed E-state index contributed by atoms with van der Waals surface area (Å²) in [7, 11) is 0. The lowest BCUT2D eigenvalue weighted by atomic mass is 9.92. The predicted molar refractivity (Wildman–Crippen MR) is 62.4 cm³/mol. The van der Waals surface area contributed by atoms with Crippen molar-refractivity contribution in [3.05, 3.63) is 0 Å². The Morgan fingerprint density at radius 3 is 2.40 bits per heavy atom. The number of nitrogens with zero attached hydrogens (tertiary/aromatic N) is 1. The van der Waals surface area contributed by atoms with Crippen molar-refractivity contribution >= 4 is 5.90 Å². The van der Waals surface area contributed by atoms with Crippen LogP contribution in [0.5, 0.6) is 0 Å². The molecular weight excluding hydrogens is 186 g/mol. The van der Waals surface area contributed by atoms with Crippen molar-refractivity contribution in [2.75, 3.05) is 0 Å². The Morgan fingerprint density at radius 2 is 1.80 bits per heavy atom. The van der Waals surface area contributed by atoms with Crippen LogP contribution in [0.25, 0.3) is 0 Å². The zero-order valence-corrected chi connectivity index (χ0v) is 10.5. The van der Waals surface area contributed by atoms with Gasteiger partial charge in [0.1, 0.15) is 0 Å². The van der Waals surface area contributed by atoms with Gasteiger partial charge in [-0.05, 0) is 47.0 Å². The maximum absolute atomic E-state index is 6.14. The molecule has 2 rings (SSSR count). The van der Waals surface area contributed by atoms with Gasteiger partial charge in [-0.15, -0.1) is 0 Å². The first-order valence-electron chi connectivity index (χ1n) is 6.43. The van der Waals surface area contributed by atoms with Crippen molar-refractivity contribution in [2.45, 2.75) is 71.6 Å². The summed E-state index contributed by atoms with van der Waals surface area (Å²) in [6, 6.07) is 1.24. The smallest absolute Gasteiger partial charge is 0.339 e. The molecule has 0 unspecified atom stereocenters. The molecule has 2 aliphatic rings. The fraction of sp³-hybridized carbons (Fsp3) is 0.923. The van der Waals surface area contributed by atoms with Gasteiger partial charge in [0.05, 0.1) is 5.92 Å². The third-order valence-corrected chi connectivity index (χ3v) is 3.60. The summed E-state index contributed by atoms with van der Waals surface area (Å²) in [5.41, 5.74) is 0. The minimum atomic E-state index is 0.485. The quantitative estimate of drug-likeness (QED) is 0.638. The van der Waals surface area contributed by atoms with Gasteiger partial charge >= 0.3 is 5.90 Å². The number of hydrogen-bond acceptors (Lipinski definition) is 1. The van der Waals surface area contributed by atoms with Gasteiger partial charge in [0.25, 0.3) is 0 Å². The summed E-state index contributed by atoms with van der Waals surface area (Å²) in [5, 5.41) is 0. The van der Waals surface area contributed by atoms with Crippen LogP contribution in [-0.2, 0) is 4.74 Å². The fourth-order valence-electron chi connectivity index (χ4n) is 2.98. The van der Waals surface area contributed by atoms with Crippen molar-refractivity contribution in [3.63, 3.8) is 0 Å². The van der Waals surface area contributed by atoms with Gasteiger partial charge < -0.3 is 4.74 Å². The Morgan fingerprint density at radius 1 is 1.13 bits per heavy atom. The van der Waals surface area contributed by atoms with Crippen LogP contribution >= 0.6 is 0 Å². The molecule has 0 aromatic rings. The Labute approximate surface area is 93.3 Å². The monoisotopic (exact) mass is 210 g/mol. The normalized spacial score (nSPS) is 31.1. The second-order valence-corrected chi connectivity index (χ2v) is 5.50. The zero-order chi connectivity index (χ0) is 11.0. The summed E-state index contributed by atoms with van der Waals surface area (Å²) in [6.07, 6.45) is 5.78. The van der Waals surface area contributed by atoms with E-state index in [0.29, 0.717) is 24.1 Å². The maximum atomic E-state index is 6.14. The highest BCUT2D eigenvalue weighted by Crippen LogP contribution is 2.30. The third-order valence-electron chi connectivity index (χ3n) is 3.60. The highest BCUT2D eigenvalue weighted by molar-refractivity contribution is 5.74. The predicted octanol–water partition coefficient (Wildman–Crippen LogP) is 2.80. The van der Waals surface area contributed by atoms with Crippen LogP contribution in [-0.4, -0.2) is 28.7 Å². The molecule has 0 aromatic carbocycles. The molecule has 15 heavy (non-hydrogen) atoms. The lowest BCUT2D eigenvalue weighted by Crippen LogP contribution is -2.38. The van der Waals surface area contributed by atoms with E-state index < -0.39 is 0 Å². The van der Waals surface area contributed by atoms with E-state index in [4.69, 9.17) is 4.74 Å². The SMILES string of the molecule is CC(C)C1=[N+](C(C)C)[C@@H]2CCCC[C@@H]2O1. The number of rotatable bonds is 2. The van der Waals surface area contributed by atoms with Crippen LogP contribution in [0, 0.1) is 5.92 Å². The van der Waals surface area contributed by atoms with Crippen LogP contribution < -0.4 is 0 Å². The second kappa shape index (κ2) is 4.15. The minimum absolute atomic E-state index is 0.485. The highest BCUT2D eigenvalue weighted by atomic mass is 16.5. The number of fused-ring (bicyclic) bond motifs is 1. The molecule has 0 N–H and O–H groups in total. The molecule has 1 aliphatic carbocycles. The van der Waals surface area contributed by atoms with Crippen molar-refractivity contribution in [1.82, 2.24) is 0 Å². The third kappa shape index (κ3) is 1.91. The molecule has 0 aromatic heterocycles. The average Bonchev–Trinajstić information content (AvgIpc) is 2.56. The fourth-order valence-corrected chi connectivity index (χ4v) is 2.98. The van der Waals surface area contributed by atoms with Crippen LogP contribution in [0.15, 0.2) is 0 Å². The van der Waals surface area contributed by atoms with E-state index in [1.807, 2.05) is 0 Å². The van der Waals surface area contributed by atoms with Gasteiger partial charge in [-0.1, -0.05) is 0 Å². The Balaban J connectivity index is 2.26. The molecule has 0 saturated heterocycles. The van der Waals surface area contributed by atoms with Crippen LogP contribution in [0.2, 0.25) is 0 Å². The first-order chi connectivity index (χ1) is 7.11. The Hall–Kier alpha value is -0.530. The molecule has 0 radical (unpaired) electrons. The highest BCUT2D eigenvalue weighted by Gasteiger charge is 2.46. The topological polar surface area (TPSA) is 12.2 Å². The van der Waals surface area contributed by atoms with Crippen LogP contribution in [0.3, 0.4) is 0 Å². The van der Waals surface area contributed by atoms with Gasteiger partial charge in [-0.3, -0.25) is 0 Å². The van der Waals surface area contributed by atoms with Crippen LogP contribution in [0.1, 0.15) is 53.4 Å². The lowest BCUT2D eigenvalue weighted by molar-refractivity contribution is -0.592. The summed E-state index contributed by atoms with van der Waals surface area (Å²) in [5.74, 6) is 1.76. The van der Waals surface area contributed by atoms with Gasteiger partial charge in [0, 0.05) is 6.42 Å². The molecule has 2 atom stereocenters. The van der Waals surface area contributed by atoms with Gasteiger partial charge in [-0.25, -0.2) is 0 Å². The standard InChI is InChI=1S/C13H24NO/c1-9(2)13-14(10(3)4)11-7-5-6-8-12(11)15-13/h9-12H,5-8H2,1-4H3/q+1/t11-,12+/m1/s1. The van der Waals surface area contributed by atoms with Gasteiger partial charge in [-0.2, -0.15) is 4.58 Å². The maximum Gasteiger partial charge on any atom is 0.339 e. The summed E-state index contributed by atoms with van der Waals surface area (Å²) in [4.78, 5) is 0. The van der Waals surface area contributed by atoms with Gasteiger partial charge in [0.15, 0.2) is 18.2 Å². The Bertz CT molecular complexity index is 268. The van der Waals surface area contributed by atoms with Crippen molar-refractivity contribution in [1.29, 1.82) is 0 Å². The molecule has 2 nitrogen and oxygen atoms in total. The number of hydrogen-bond donors (Lipinski definition) is 0. The van der Waals surface area contributed by atoms with E-state index in [1.54, 1.807) is 0 Å². The average molecular weight is 210 g/mol. The first kappa shape index (κ1) is 11.0. The van der Waals surface area contributed by atoms with Crippen molar-refractivity contribution in [3.8, 4) is 0 Å². The van der Waals surface area contributed by atoms with Gasteiger partial charge in [0.2, 0.25) is 0 Å². The molecule has 0 amide bonds. The number of ether oxygens (including phenoxy) is 1. The minimum Gasteiger partial charge on any atom is -0.437 e. The van der Waals surface area contributed by atoms with E-state index in [-0.39, 0.29) is 0 Å². The molecule has 1 heterocycles. The van der Waals surface area contributed by atoms with E-state index in [0.717, 1.165) is 0 Å². The summed E-state index contributed by atoms with van der Waals surface area (Å²) < 4.78 is 8.68. The zero-order valence-electron chi connectivity index (χ0n) is 10.5. The van der Waals surface area contributed by atoms with E-state index in [9.17, 15) is 0 Å². The van der Waals surface area contributed by atoms with Crippen molar-refractivity contribution < 1.29 is 9.31 Å². The lowest BCUT2D eigenvalue weighted by Gasteiger charge is -2.21. The molecule has 1 fully saturated rings. The Kier molecular flexibility index (Phi) is 3.03. The molecule has 0 spiro atoms. The summed E-state index contributed by atoms with van der Waals surface area (Å²) >= 11 is 0. The second-order valence-electron chi connectivity index (χ2n) is 5.50. The largest absolute Gasteiger partial charge is 0.437 e. The van der Waals surface area contributed by atoms with E-state index >= 15 is 0 Å². The van der Waals surface area contributed by atoms with E-state index in [1.165, 1.54) is 31.6 Å². The molecule has 1 aliphatic heterocycles. The van der Waals surface area contributed by atoms with Crippen molar-refractivity contribution in [2.24, 2.45) is 5.92 Å². The molecule has 86 valence electrons. The first-order valence-corrected chi connectivity index (χ1v) is 6.43.